The highest BCUT2D eigenvalue weighted by Crippen LogP contribution is 2.27. The van der Waals surface area contributed by atoms with E-state index in [4.69, 9.17) is 11.6 Å². The van der Waals surface area contributed by atoms with Gasteiger partial charge in [0.15, 0.2) is 0 Å². The Balaban J connectivity index is 1.96. The third kappa shape index (κ3) is 3.10. The molecule has 2 heterocycles. The number of thiazole rings is 1. The Hall–Kier alpha value is -1.22. The lowest BCUT2D eigenvalue weighted by Gasteiger charge is -2.08. The van der Waals surface area contributed by atoms with Crippen LogP contribution in [0.15, 0.2) is 39.8 Å². The quantitative estimate of drug-likeness (QED) is 0.647. The molecule has 0 radical (unpaired) electrons. The van der Waals surface area contributed by atoms with Crippen molar-refractivity contribution in [3.05, 3.63) is 45.1 Å². The molecule has 0 saturated heterocycles. The number of aryl methyl sites for hydroxylation is 1. The van der Waals surface area contributed by atoms with Crippen LogP contribution in [-0.4, -0.2) is 18.4 Å². The van der Waals surface area contributed by atoms with E-state index in [0.717, 1.165) is 15.2 Å². The van der Waals surface area contributed by atoms with Crippen molar-refractivity contribution < 1.29 is 8.42 Å². The Morgan fingerprint density at radius 2 is 2.09 bits per heavy atom. The molecular formula is C13H9BrClN3O2S2. The molecule has 0 aliphatic rings. The molecule has 0 atom stereocenters. The lowest BCUT2D eigenvalue weighted by Crippen LogP contribution is -2.13. The van der Waals surface area contributed by atoms with Crippen molar-refractivity contribution in [3.8, 4) is 0 Å². The van der Waals surface area contributed by atoms with E-state index in [1.165, 1.54) is 12.3 Å². The summed E-state index contributed by atoms with van der Waals surface area (Å²) in [6, 6.07) is 6.65. The van der Waals surface area contributed by atoms with Gasteiger partial charge in [0, 0.05) is 6.20 Å². The summed E-state index contributed by atoms with van der Waals surface area (Å²) in [5.74, 6) is 0. The zero-order chi connectivity index (χ0) is 15.9. The van der Waals surface area contributed by atoms with E-state index in [0.29, 0.717) is 10.2 Å². The highest BCUT2D eigenvalue weighted by Gasteiger charge is 2.17. The smallest absolute Gasteiger partial charge is 0.263 e. The Kier molecular flexibility index (Phi) is 4.11. The van der Waals surface area contributed by atoms with Crippen LogP contribution in [0.2, 0.25) is 5.15 Å². The fourth-order valence-electron chi connectivity index (χ4n) is 1.87. The third-order valence-electron chi connectivity index (χ3n) is 2.83. The fourth-order valence-corrected chi connectivity index (χ4v) is 4.30. The summed E-state index contributed by atoms with van der Waals surface area (Å²) in [6.45, 7) is 1.91. The number of rotatable bonds is 3. The molecule has 22 heavy (non-hydrogen) atoms. The molecular weight excluding hydrogens is 410 g/mol. The summed E-state index contributed by atoms with van der Waals surface area (Å²) in [6.07, 6.45) is 1.21. The van der Waals surface area contributed by atoms with Gasteiger partial charge in [0.2, 0.25) is 0 Å². The fraction of sp³-hybridized carbons (Fsp3) is 0.0769. The maximum Gasteiger partial charge on any atom is 0.263 e. The van der Waals surface area contributed by atoms with E-state index in [1.807, 2.05) is 13.0 Å². The van der Waals surface area contributed by atoms with Gasteiger partial charge in [0.25, 0.3) is 10.0 Å². The molecule has 9 heteroatoms. The molecule has 2 aromatic heterocycles. The summed E-state index contributed by atoms with van der Waals surface area (Å²) >= 11 is 10.5. The topological polar surface area (TPSA) is 72.0 Å². The number of hydrogen-bond acceptors (Lipinski definition) is 5. The number of halogens is 2. The zero-order valence-corrected chi connectivity index (χ0v) is 15.1. The Bertz CT molecular complexity index is 973. The van der Waals surface area contributed by atoms with Crippen LogP contribution in [0.4, 0.5) is 5.69 Å². The van der Waals surface area contributed by atoms with E-state index in [9.17, 15) is 8.42 Å². The van der Waals surface area contributed by atoms with Crippen LogP contribution >= 0.6 is 38.9 Å². The first-order valence-corrected chi connectivity index (χ1v) is 9.53. The third-order valence-corrected chi connectivity index (χ3v) is 6.26. The number of anilines is 1. The molecule has 114 valence electrons. The van der Waals surface area contributed by atoms with Crippen LogP contribution in [-0.2, 0) is 10.0 Å². The Labute approximate surface area is 144 Å². The van der Waals surface area contributed by atoms with E-state index < -0.39 is 10.0 Å². The van der Waals surface area contributed by atoms with Gasteiger partial charge in [-0.2, -0.15) is 0 Å². The maximum absolute atomic E-state index is 12.4. The standard InChI is InChI=1S/C13H9BrClN3O2S2/c1-7-17-11-4-8(2-3-12(11)21-7)18-22(19,20)9-5-10(14)13(15)16-6-9/h2-6,18H,1H3. The van der Waals surface area contributed by atoms with Crippen molar-refractivity contribution in [2.24, 2.45) is 0 Å². The molecule has 0 bridgehead atoms. The second-order valence-corrected chi connectivity index (χ2v) is 8.59. The van der Waals surface area contributed by atoms with Crippen molar-refractivity contribution in [2.75, 3.05) is 4.72 Å². The van der Waals surface area contributed by atoms with Gasteiger partial charge in [0.1, 0.15) is 10.0 Å². The zero-order valence-electron chi connectivity index (χ0n) is 11.2. The number of aromatic nitrogens is 2. The molecule has 1 aromatic carbocycles. The van der Waals surface area contributed by atoms with Crippen molar-refractivity contribution in [1.82, 2.24) is 9.97 Å². The summed E-state index contributed by atoms with van der Waals surface area (Å²) in [7, 11) is -3.74. The summed E-state index contributed by atoms with van der Waals surface area (Å²) in [5.41, 5.74) is 1.21. The first-order chi connectivity index (χ1) is 10.3. The highest BCUT2D eigenvalue weighted by atomic mass is 79.9. The lowest BCUT2D eigenvalue weighted by molar-refractivity contribution is 0.601. The van der Waals surface area contributed by atoms with Crippen molar-refractivity contribution >= 4 is 64.8 Å². The van der Waals surface area contributed by atoms with Crippen LogP contribution in [0.25, 0.3) is 10.2 Å². The SMILES string of the molecule is Cc1nc2cc(NS(=O)(=O)c3cnc(Cl)c(Br)c3)ccc2s1. The molecule has 0 aliphatic carbocycles. The van der Waals surface area contributed by atoms with Gasteiger partial charge >= 0.3 is 0 Å². The van der Waals surface area contributed by atoms with Gasteiger partial charge < -0.3 is 0 Å². The number of pyridine rings is 1. The van der Waals surface area contributed by atoms with Crippen LogP contribution in [0.3, 0.4) is 0 Å². The van der Waals surface area contributed by atoms with E-state index in [1.54, 1.807) is 23.5 Å². The van der Waals surface area contributed by atoms with Crippen molar-refractivity contribution in [2.45, 2.75) is 11.8 Å². The predicted molar refractivity (Wildman–Crippen MR) is 92.1 cm³/mol. The van der Waals surface area contributed by atoms with Gasteiger partial charge in [-0.25, -0.2) is 18.4 Å². The molecule has 0 aliphatic heterocycles. The minimum absolute atomic E-state index is 0.0262. The predicted octanol–water partition coefficient (Wildman–Crippen LogP) is 4.22. The van der Waals surface area contributed by atoms with Gasteiger partial charge in [-0.3, -0.25) is 4.72 Å². The second kappa shape index (κ2) is 5.77. The van der Waals surface area contributed by atoms with Crippen molar-refractivity contribution in [3.63, 3.8) is 0 Å². The number of fused-ring (bicyclic) bond motifs is 1. The molecule has 0 spiro atoms. The average Bonchev–Trinajstić information content (AvgIpc) is 2.80. The molecule has 0 amide bonds. The summed E-state index contributed by atoms with van der Waals surface area (Å²) in [5, 5.41) is 1.14. The molecule has 5 nitrogen and oxygen atoms in total. The van der Waals surface area contributed by atoms with E-state index in [-0.39, 0.29) is 10.0 Å². The number of nitrogens with one attached hydrogen (secondary N) is 1. The van der Waals surface area contributed by atoms with E-state index >= 15 is 0 Å². The molecule has 0 saturated carbocycles. The molecule has 0 fully saturated rings. The molecule has 0 unspecified atom stereocenters. The largest absolute Gasteiger partial charge is 0.280 e. The highest BCUT2D eigenvalue weighted by molar-refractivity contribution is 9.10. The average molecular weight is 419 g/mol. The Morgan fingerprint density at radius 1 is 1.32 bits per heavy atom. The normalized spacial score (nSPS) is 11.8. The lowest BCUT2D eigenvalue weighted by atomic mass is 10.3. The minimum Gasteiger partial charge on any atom is -0.280 e. The first-order valence-electron chi connectivity index (χ1n) is 6.06. The van der Waals surface area contributed by atoms with E-state index in [2.05, 4.69) is 30.6 Å². The molecule has 3 rings (SSSR count). The van der Waals surface area contributed by atoms with Crippen molar-refractivity contribution in [1.29, 1.82) is 0 Å². The van der Waals surface area contributed by atoms with Gasteiger partial charge in [-0.1, -0.05) is 11.6 Å². The Morgan fingerprint density at radius 3 is 2.82 bits per heavy atom. The van der Waals surface area contributed by atoms with Gasteiger partial charge in [-0.15, -0.1) is 11.3 Å². The van der Waals surface area contributed by atoms with Crippen LogP contribution in [0, 0.1) is 6.92 Å². The van der Waals surface area contributed by atoms with Gasteiger partial charge in [-0.05, 0) is 47.1 Å². The van der Waals surface area contributed by atoms with Gasteiger partial charge in [0.05, 0.1) is 25.4 Å². The van der Waals surface area contributed by atoms with Crippen LogP contribution < -0.4 is 4.72 Å². The van der Waals surface area contributed by atoms with Crippen LogP contribution in [0.5, 0.6) is 0 Å². The summed E-state index contributed by atoms with van der Waals surface area (Å²) < 4.78 is 28.7. The number of sulfonamides is 1. The number of nitrogens with zero attached hydrogens (tertiary/aromatic N) is 2. The minimum atomic E-state index is -3.74. The molecule has 3 aromatic rings. The monoisotopic (exact) mass is 417 g/mol. The number of benzene rings is 1. The number of hydrogen-bond donors (Lipinski definition) is 1. The second-order valence-electron chi connectivity index (χ2n) is 4.46. The first kappa shape index (κ1) is 15.7. The molecule has 1 N–H and O–H groups in total. The maximum atomic E-state index is 12.4. The summed E-state index contributed by atoms with van der Waals surface area (Å²) in [4.78, 5) is 8.20. The van der Waals surface area contributed by atoms with Crippen LogP contribution in [0.1, 0.15) is 5.01 Å².